The van der Waals surface area contributed by atoms with Gasteiger partial charge in [0.1, 0.15) is 5.75 Å². The maximum atomic E-state index is 12.7. The van der Waals surface area contributed by atoms with E-state index in [1.54, 1.807) is 0 Å². The van der Waals surface area contributed by atoms with Crippen LogP contribution in [0.15, 0.2) is 48.5 Å². The highest BCUT2D eigenvalue weighted by Gasteiger charge is 2.13. The van der Waals surface area contributed by atoms with E-state index < -0.39 is 0 Å². The van der Waals surface area contributed by atoms with Gasteiger partial charge >= 0.3 is 0 Å². The Morgan fingerprint density at radius 3 is 2.59 bits per heavy atom. The molecule has 2 aromatic carbocycles. The van der Waals surface area contributed by atoms with E-state index in [0.29, 0.717) is 35.5 Å². The van der Waals surface area contributed by atoms with Crippen LogP contribution in [0.2, 0.25) is 5.02 Å². The van der Waals surface area contributed by atoms with Crippen LogP contribution in [0.4, 0.5) is 5.82 Å². The van der Waals surface area contributed by atoms with Crippen LogP contribution in [0.25, 0.3) is 0 Å². The summed E-state index contributed by atoms with van der Waals surface area (Å²) >= 11 is 6.22. The first-order valence-electron chi connectivity index (χ1n) is 10.9. The normalized spacial score (nSPS) is 11.1. The van der Waals surface area contributed by atoms with Crippen LogP contribution in [-0.4, -0.2) is 28.8 Å². The van der Waals surface area contributed by atoms with Crippen molar-refractivity contribution in [3.8, 4) is 5.75 Å². The number of anilines is 1. The Hall–Kier alpha value is -2.83. The van der Waals surface area contributed by atoms with Gasteiger partial charge in [-0.15, -0.1) is 0 Å². The molecule has 0 radical (unpaired) electrons. The van der Waals surface area contributed by atoms with Gasteiger partial charge < -0.3 is 15.4 Å². The van der Waals surface area contributed by atoms with Gasteiger partial charge in [-0.25, -0.2) is 0 Å². The van der Waals surface area contributed by atoms with Gasteiger partial charge in [0.05, 0.1) is 13.2 Å². The summed E-state index contributed by atoms with van der Waals surface area (Å²) in [7, 11) is 0. The molecule has 3 rings (SSSR count). The fourth-order valence-corrected chi connectivity index (χ4v) is 3.39. The number of carbonyl (C=O) groups is 1. The Morgan fingerprint density at radius 1 is 1.16 bits per heavy atom. The maximum absolute atomic E-state index is 12.7. The van der Waals surface area contributed by atoms with E-state index in [4.69, 9.17) is 16.3 Å². The number of rotatable bonds is 10. The standard InChI is InChI=1S/C25H31ClN4O2/c1-5-27-14-19-6-8-20(9-7-19)25(31)28-24-12-18(4)30(29-24)15-21-13-22(26)10-11-23(21)32-16-17(2)3/h6-13,17,27H,5,14-16H2,1-4H3,(H,28,29,31). The van der Waals surface area contributed by atoms with Crippen molar-refractivity contribution in [2.45, 2.75) is 40.8 Å². The maximum Gasteiger partial charge on any atom is 0.256 e. The average molecular weight is 455 g/mol. The first-order chi connectivity index (χ1) is 15.4. The summed E-state index contributed by atoms with van der Waals surface area (Å²) in [5, 5.41) is 11.4. The van der Waals surface area contributed by atoms with Crippen LogP contribution in [0.5, 0.6) is 5.75 Å². The minimum atomic E-state index is -0.187. The molecule has 0 aliphatic carbocycles. The van der Waals surface area contributed by atoms with Crippen molar-refractivity contribution in [1.29, 1.82) is 0 Å². The second-order valence-corrected chi connectivity index (χ2v) is 8.65. The minimum absolute atomic E-state index is 0.187. The van der Waals surface area contributed by atoms with Crippen molar-refractivity contribution in [2.24, 2.45) is 5.92 Å². The van der Waals surface area contributed by atoms with Crippen molar-refractivity contribution in [2.75, 3.05) is 18.5 Å². The Labute approximate surface area is 194 Å². The fourth-order valence-electron chi connectivity index (χ4n) is 3.19. The number of hydrogen-bond acceptors (Lipinski definition) is 4. The topological polar surface area (TPSA) is 68.2 Å². The number of hydrogen-bond donors (Lipinski definition) is 2. The summed E-state index contributed by atoms with van der Waals surface area (Å²) in [4.78, 5) is 12.7. The lowest BCUT2D eigenvalue weighted by atomic mass is 10.1. The van der Waals surface area contributed by atoms with Crippen LogP contribution >= 0.6 is 11.6 Å². The zero-order valence-electron chi connectivity index (χ0n) is 19.1. The molecule has 0 saturated heterocycles. The number of aromatic nitrogens is 2. The number of nitrogens with one attached hydrogen (secondary N) is 2. The summed E-state index contributed by atoms with van der Waals surface area (Å²) in [6, 6.07) is 15.0. The molecule has 0 atom stereocenters. The lowest BCUT2D eigenvalue weighted by Crippen LogP contribution is -2.14. The van der Waals surface area contributed by atoms with Gasteiger partial charge in [-0.2, -0.15) is 5.10 Å². The van der Waals surface area contributed by atoms with E-state index in [2.05, 4.69) is 36.5 Å². The number of ether oxygens (including phenoxy) is 1. The highest BCUT2D eigenvalue weighted by molar-refractivity contribution is 6.30. The molecule has 0 aliphatic heterocycles. The third-order valence-electron chi connectivity index (χ3n) is 4.93. The molecule has 0 saturated carbocycles. The largest absolute Gasteiger partial charge is 0.493 e. The van der Waals surface area contributed by atoms with Gasteiger partial charge in [-0.05, 0) is 55.3 Å². The molecule has 3 aromatic rings. The van der Waals surface area contributed by atoms with E-state index in [0.717, 1.165) is 35.7 Å². The van der Waals surface area contributed by atoms with Crippen LogP contribution in [0, 0.1) is 12.8 Å². The zero-order chi connectivity index (χ0) is 23.1. The van der Waals surface area contributed by atoms with Crippen LogP contribution in [0.3, 0.4) is 0 Å². The first kappa shape index (κ1) is 23.8. The third kappa shape index (κ3) is 6.58. The third-order valence-corrected chi connectivity index (χ3v) is 5.17. The molecule has 2 N–H and O–H groups in total. The Balaban J connectivity index is 1.70. The quantitative estimate of drug-likeness (QED) is 0.436. The monoisotopic (exact) mass is 454 g/mol. The molecule has 1 amide bonds. The number of nitrogens with zero attached hydrogens (tertiary/aromatic N) is 2. The summed E-state index contributed by atoms with van der Waals surface area (Å²) < 4.78 is 7.79. The van der Waals surface area contributed by atoms with Gasteiger partial charge in [-0.1, -0.05) is 44.5 Å². The van der Waals surface area contributed by atoms with E-state index >= 15 is 0 Å². The van der Waals surface area contributed by atoms with Crippen molar-refractivity contribution < 1.29 is 9.53 Å². The van der Waals surface area contributed by atoms with Crippen molar-refractivity contribution >= 4 is 23.3 Å². The molecule has 1 aromatic heterocycles. The molecular formula is C25H31ClN4O2. The molecule has 1 heterocycles. The van der Waals surface area contributed by atoms with Gasteiger partial charge in [0.15, 0.2) is 5.82 Å². The molecule has 7 heteroatoms. The summed E-state index contributed by atoms with van der Waals surface area (Å²) in [6.45, 7) is 11.1. The predicted molar refractivity (Wildman–Crippen MR) is 130 cm³/mol. The molecule has 170 valence electrons. The second-order valence-electron chi connectivity index (χ2n) is 8.22. The van der Waals surface area contributed by atoms with Gasteiger partial charge in [0.2, 0.25) is 0 Å². The van der Waals surface area contributed by atoms with E-state index in [1.807, 2.05) is 60.1 Å². The van der Waals surface area contributed by atoms with Crippen molar-refractivity contribution in [1.82, 2.24) is 15.1 Å². The van der Waals surface area contributed by atoms with Crippen molar-refractivity contribution in [3.05, 3.63) is 75.9 Å². The summed E-state index contributed by atoms with van der Waals surface area (Å²) in [5.74, 6) is 1.54. The van der Waals surface area contributed by atoms with Gasteiger partial charge in [0.25, 0.3) is 5.91 Å². The first-order valence-corrected chi connectivity index (χ1v) is 11.3. The number of amides is 1. The minimum Gasteiger partial charge on any atom is -0.493 e. The average Bonchev–Trinajstić information content (AvgIpc) is 3.10. The number of halogens is 1. The van der Waals surface area contributed by atoms with Crippen LogP contribution in [0.1, 0.15) is 48.0 Å². The molecular weight excluding hydrogens is 424 g/mol. The van der Waals surface area contributed by atoms with E-state index in [1.165, 1.54) is 0 Å². The summed E-state index contributed by atoms with van der Waals surface area (Å²) in [5.41, 5.74) is 3.60. The molecule has 0 unspecified atom stereocenters. The highest BCUT2D eigenvalue weighted by Crippen LogP contribution is 2.25. The molecule has 0 fully saturated rings. The second kappa shape index (κ2) is 11.2. The van der Waals surface area contributed by atoms with Gasteiger partial charge in [0, 0.05) is 34.5 Å². The highest BCUT2D eigenvalue weighted by atomic mass is 35.5. The predicted octanol–water partition coefficient (Wildman–Crippen LogP) is 5.29. The number of aryl methyl sites for hydroxylation is 1. The number of carbonyl (C=O) groups excluding carboxylic acids is 1. The SMILES string of the molecule is CCNCc1ccc(C(=O)Nc2cc(C)n(Cc3cc(Cl)ccc3OCC(C)C)n2)cc1. The Bertz CT molecular complexity index is 1040. The molecule has 32 heavy (non-hydrogen) atoms. The lowest BCUT2D eigenvalue weighted by molar-refractivity contribution is 0.102. The number of benzene rings is 2. The lowest BCUT2D eigenvalue weighted by Gasteiger charge is -2.14. The zero-order valence-corrected chi connectivity index (χ0v) is 19.9. The van der Waals surface area contributed by atoms with E-state index in [-0.39, 0.29) is 5.91 Å². The molecule has 0 bridgehead atoms. The molecule has 0 aliphatic rings. The smallest absolute Gasteiger partial charge is 0.256 e. The fraction of sp³-hybridized carbons (Fsp3) is 0.360. The molecule has 0 spiro atoms. The van der Waals surface area contributed by atoms with Crippen LogP contribution < -0.4 is 15.4 Å². The van der Waals surface area contributed by atoms with Crippen molar-refractivity contribution in [3.63, 3.8) is 0 Å². The van der Waals surface area contributed by atoms with E-state index in [9.17, 15) is 4.79 Å². The summed E-state index contributed by atoms with van der Waals surface area (Å²) in [6.07, 6.45) is 0. The van der Waals surface area contributed by atoms with Crippen LogP contribution in [-0.2, 0) is 13.1 Å². The Morgan fingerprint density at radius 2 is 1.91 bits per heavy atom. The molecule has 6 nitrogen and oxygen atoms in total. The van der Waals surface area contributed by atoms with Gasteiger partial charge in [-0.3, -0.25) is 9.48 Å². The Kier molecular flexibility index (Phi) is 8.31.